The Balaban J connectivity index is 1.88. The number of aromatic nitrogens is 4. The van der Waals surface area contributed by atoms with Gasteiger partial charge in [-0.3, -0.25) is 4.72 Å². The molecule has 0 radical (unpaired) electrons. The summed E-state index contributed by atoms with van der Waals surface area (Å²) in [6.07, 6.45) is 3.67. The first-order chi connectivity index (χ1) is 12.3. The Labute approximate surface area is 145 Å². The maximum Gasteiger partial charge on any atom is 0.341 e. The summed E-state index contributed by atoms with van der Waals surface area (Å²) in [5, 5.41) is 12.5. The lowest BCUT2D eigenvalue weighted by Crippen LogP contribution is -2.15. The first-order valence-corrected chi connectivity index (χ1v) is 8.32. The number of benzene rings is 1. The Morgan fingerprint density at radius 3 is 2.38 bits per heavy atom. The van der Waals surface area contributed by atoms with Crippen LogP contribution in [0, 0.1) is 11.6 Å². The zero-order valence-corrected chi connectivity index (χ0v) is 13.5. The number of hydrogen-bond donors (Lipinski definition) is 2. The van der Waals surface area contributed by atoms with Gasteiger partial charge in [-0.05, 0) is 24.3 Å². The van der Waals surface area contributed by atoms with Crippen molar-refractivity contribution in [2.75, 3.05) is 4.72 Å². The number of carbonyl (C=O) groups is 1. The van der Waals surface area contributed by atoms with Crippen molar-refractivity contribution in [1.29, 1.82) is 0 Å². The van der Waals surface area contributed by atoms with E-state index in [2.05, 4.69) is 15.1 Å². The predicted octanol–water partition coefficient (Wildman–Crippen LogP) is 1.44. The quantitative estimate of drug-likeness (QED) is 0.684. The highest BCUT2D eigenvalue weighted by Crippen LogP contribution is 2.22. The van der Waals surface area contributed by atoms with E-state index in [-0.39, 0.29) is 4.90 Å². The van der Waals surface area contributed by atoms with Crippen molar-refractivity contribution in [3.63, 3.8) is 0 Å². The van der Waals surface area contributed by atoms with Crippen molar-refractivity contribution in [1.82, 2.24) is 19.7 Å². The Hall–Kier alpha value is -3.41. The molecule has 0 spiro atoms. The third-order valence-electron chi connectivity index (χ3n) is 3.19. The standard InChI is InChI=1S/C14H9F2N5O4S/c15-10-3-8(4-11(16)13(10)14(22)23)20-26(24,25)9-1-2-12(18-5-9)21-7-17-6-19-21/h1-7,20H,(H,22,23). The van der Waals surface area contributed by atoms with Gasteiger partial charge in [0.2, 0.25) is 0 Å². The molecule has 0 bridgehead atoms. The van der Waals surface area contributed by atoms with Crippen LogP contribution in [0.25, 0.3) is 5.82 Å². The van der Waals surface area contributed by atoms with E-state index in [0.717, 1.165) is 6.20 Å². The molecule has 3 rings (SSSR count). The van der Waals surface area contributed by atoms with Crippen molar-refractivity contribution in [2.45, 2.75) is 4.90 Å². The molecule has 0 saturated carbocycles. The maximum absolute atomic E-state index is 13.7. The number of halogens is 2. The summed E-state index contributed by atoms with van der Waals surface area (Å²) >= 11 is 0. The van der Waals surface area contributed by atoms with Crippen LogP contribution >= 0.6 is 0 Å². The largest absolute Gasteiger partial charge is 0.477 e. The second-order valence-electron chi connectivity index (χ2n) is 4.92. The average molecular weight is 381 g/mol. The molecule has 0 aliphatic carbocycles. The van der Waals surface area contributed by atoms with Crippen LogP contribution < -0.4 is 4.72 Å². The average Bonchev–Trinajstić information content (AvgIpc) is 3.08. The molecule has 26 heavy (non-hydrogen) atoms. The molecule has 134 valence electrons. The molecular formula is C14H9F2N5O4S. The van der Waals surface area contributed by atoms with Gasteiger partial charge < -0.3 is 5.11 Å². The van der Waals surface area contributed by atoms with Crippen LogP contribution in [-0.4, -0.2) is 39.2 Å². The fourth-order valence-corrected chi connectivity index (χ4v) is 3.03. The fraction of sp³-hybridized carbons (Fsp3) is 0. The molecule has 0 amide bonds. The highest BCUT2D eigenvalue weighted by Gasteiger charge is 2.21. The van der Waals surface area contributed by atoms with Gasteiger partial charge in [0.1, 0.15) is 34.7 Å². The number of carboxylic acids is 1. The van der Waals surface area contributed by atoms with Crippen molar-refractivity contribution in [3.05, 3.63) is 60.3 Å². The van der Waals surface area contributed by atoms with Gasteiger partial charge in [-0.1, -0.05) is 0 Å². The number of rotatable bonds is 5. The van der Waals surface area contributed by atoms with Crippen LogP contribution in [-0.2, 0) is 10.0 Å². The Morgan fingerprint density at radius 2 is 1.88 bits per heavy atom. The summed E-state index contributed by atoms with van der Waals surface area (Å²) in [5.74, 6) is -4.31. The highest BCUT2D eigenvalue weighted by atomic mass is 32.2. The molecule has 0 atom stereocenters. The van der Waals surface area contributed by atoms with Crippen LogP contribution in [0.15, 0.2) is 48.0 Å². The lowest BCUT2D eigenvalue weighted by molar-refractivity contribution is 0.0686. The molecule has 12 heteroatoms. The second kappa shape index (κ2) is 6.48. The minimum absolute atomic E-state index is 0.274. The van der Waals surface area contributed by atoms with Gasteiger partial charge in [-0.2, -0.15) is 5.10 Å². The van der Waals surface area contributed by atoms with Gasteiger partial charge in [0.05, 0.1) is 5.69 Å². The summed E-state index contributed by atoms with van der Waals surface area (Å²) in [6, 6.07) is 3.71. The number of nitrogens with zero attached hydrogens (tertiary/aromatic N) is 4. The zero-order chi connectivity index (χ0) is 18.9. The number of aromatic carboxylic acids is 1. The van der Waals surface area contributed by atoms with Crippen molar-refractivity contribution < 1.29 is 27.1 Å². The van der Waals surface area contributed by atoms with E-state index in [4.69, 9.17) is 5.11 Å². The van der Waals surface area contributed by atoms with E-state index in [1.807, 2.05) is 4.72 Å². The van der Waals surface area contributed by atoms with Gasteiger partial charge in [-0.25, -0.2) is 36.6 Å². The van der Waals surface area contributed by atoms with Crippen LogP contribution in [0.4, 0.5) is 14.5 Å². The Bertz CT molecular complexity index is 1050. The van der Waals surface area contributed by atoms with E-state index in [0.29, 0.717) is 18.0 Å². The number of pyridine rings is 1. The molecule has 0 saturated heterocycles. The molecule has 0 aliphatic rings. The molecular weight excluding hydrogens is 372 g/mol. The smallest absolute Gasteiger partial charge is 0.341 e. The number of nitrogens with one attached hydrogen (secondary N) is 1. The van der Waals surface area contributed by atoms with Gasteiger partial charge in [0.15, 0.2) is 5.82 Å². The van der Waals surface area contributed by atoms with Gasteiger partial charge in [0.25, 0.3) is 10.0 Å². The van der Waals surface area contributed by atoms with E-state index in [1.54, 1.807) is 0 Å². The van der Waals surface area contributed by atoms with Crippen LogP contribution in [0.1, 0.15) is 10.4 Å². The third kappa shape index (κ3) is 3.35. The van der Waals surface area contributed by atoms with E-state index in [9.17, 15) is 22.0 Å². The minimum atomic E-state index is -4.20. The number of sulfonamides is 1. The topological polar surface area (TPSA) is 127 Å². The summed E-state index contributed by atoms with van der Waals surface area (Å²) in [4.78, 5) is 18.1. The van der Waals surface area contributed by atoms with Crippen molar-refractivity contribution >= 4 is 21.7 Å². The molecule has 2 aromatic heterocycles. The van der Waals surface area contributed by atoms with Gasteiger partial charge >= 0.3 is 5.97 Å². The highest BCUT2D eigenvalue weighted by molar-refractivity contribution is 7.92. The Morgan fingerprint density at radius 1 is 1.19 bits per heavy atom. The molecule has 9 nitrogen and oxygen atoms in total. The predicted molar refractivity (Wildman–Crippen MR) is 83.3 cm³/mol. The molecule has 0 aliphatic heterocycles. The van der Waals surface area contributed by atoms with Crippen LogP contribution in [0.3, 0.4) is 0 Å². The first-order valence-electron chi connectivity index (χ1n) is 6.84. The third-order valence-corrected chi connectivity index (χ3v) is 4.56. The van der Waals surface area contributed by atoms with Crippen LogP contribution in [0.2, 0.25) is 0 Å². The van der Waals surface area contributed by atoms with E-state index >= 15 is 0 Å². The fourth-order valence-electron chi connectivity index (χ4n) is 2.04. The lowest BCUT2D eigenvalue weighted by Gasteiger charge is -2.10. The minimum Gasteiger partial charge on any atom is -0.477 e. The molecule has 2 heterocycles. The lowest BCUT2D eigenvalue weighted by atomic mass is 10.2. The Kier molecular flexibility index (Phi) is 4.34. The summed E-state index contributed by atoms with van der Waals surface area (Å²) in [6.45, 7) is 0. The summed E-state index contributed by atoms with van der Waals surface area (Å²) in [5.41, 5.74) is -1.64. The van der Waals surface area contributed by atoms with E-state index in [1.165, 1.54) is 29.5 Å². The molecule has 0 fully saturated rings. The second-order valence-corrected chi connectivity index (χ2v) is 6.60. The van der Waals surface area contributed by atoms with Crippen LogP contribution in [0.5, 0.6) is 0 Å². The number of anilines is 1. The van der Waals surface area contributed by atoms with Crippen molar-refractivity contribution in [2.24, 2.45) is 0 Å². The number of carboxylic acid groups (broad SMARTS) is 1. The molecule has 2 N–H and O–H groups in total. The maximum atomic E-state index is 13.7. The number of hydrogen-bond acceptors (Lipinski definition) is 6. The summed E-state index contributed by atoms with van der Waals surface area (Å²) < 4.78 is 55.2. The summed E-state index contributed by atoms with van der Waals surface area (Å²) in [7, 11) is -4.20. The SMILES string of the molecule is O=C(O)c1c(F)cc(NS(=O)(=O)c2ccc(-n3cncn3)nc2)cc1F. The monoisotopic (exact) mass is 381 g/mol. The molecule has 3 aromatic rings. The van der Waals surface area contributed by atoms with Gasteiger partial charge in [0, 0.05) is 6.20 Å². The normalized spacial score (nSPS) is 11.3. The van der Waals surface area contributed by atoms with Crippen molar-refractivity contribution in [3.8, 4) is 5.82 Å². The zero-order valence-electron chi connectivity index (χ0n) is 12.7. The molecule has 0 unspecified atom stereocenters. The van der Waals surface area contributed by atoms with Gasteiger partial charge in [-0.15, -0.1) is 0 Å². The molecule has 1 aromatic carbocycles. The van der Waals surface area contributed by atoms with E-state index < -0.39 is 38.9 Å². The first kappa shape index (κ1) is 17.4.